The van der Waals surface area contributed by atoms with Gasteiger partial charge >= 0.3 is 0 Å². The number of hydrogen-bond acceptors (Lipinski definition) is 2. The Bertz CT molecular complexity index is 588. The molecule has 1 aromatic rings. The van der Waals surface area contributed by atoms with E-state index in [0.29, 0.717) is 12.3 Å². The standard InChI is InChI=1S/C20H32N4O.HI/c1-5-19(25)24-12-11-18(14-24)23-20(21-6-2)22-13-16(4)17-9-7-15(3)8-10-17;/h7-10,16,18H,5-6,11-14H2,1-4H3,(H2,21,22,23);1H. The maximum absolute atomic E-state index is 11.8. The second-order valence-corrected chi connectivity index (χ2v) is 6.85. The van der Waals surface area contributed by atoms with Crippen LogP contribution in [-0.4, -0.2) is 49.0 Å². The van der Waals surface area contributed by atoms with Crippen molar-refractivity contribution in [1.29, 1.82) is 0 Å². The van der Waals surface area contributed by atoms with Crippen molar-refractivity contribution in [3.8, 4) is 0 Å². The first-order chi connectivity index (χ1) is 12.0. The lowest BCUT2D eigenvalue weighted by atomic mass is 10.0. The van der Waals surface area contributed by atoms with Crippen molar-refractivity contribution in [3.05, 3.63) is 35.4 Å². The molecule has 0 bridgehead atoms. The van der Waals surface area contributed by atoms with Gasteiger partial charge < -0.3 is 15.5 Å². The third-order valence-electron chi connectivity index (χ3n) is 4.70. The van der Waals surface area contributed by atoms with Crippen LogP contribution in [0.4, 0.5) is 0 Å². The summed E-state index contributed by atoms with van der Waals surface area (Å²) in [5, 5.41) is 6.81. The predicted molar refractivity (Wildman–Crippen MR) is 119 cm³/mol. The van der Waals surface area contributed by atoms with Crippen molar-refractivity contribution < 1.29 is 4.79 Å². The van der Waals surface area contributed by atoms with E-state index < -0.39 is 0 Å². The van der Waals surface area contributed by atoms with Gasteiger partial charge in [0.05, 0.1) is 0 Å². The zero-order valence-electron chi connectivity index (χ0n) is 16.4. The summed E-state index contributed by atoms with van der Waals surface area (Å²) in [6.45, 7) is 11.5. The Morgan fingerprint density at radius 3 is 2.62 bits per heavy atom. The van der Waals surface area contributed by atoms with Crippen LogP contribution < -0.4 is 10.6 Å². The third-order valence-corrected chi connectivity index (χ3v) is 4.70. The highest BCUT2D eigenvalue weighted by molar-refractivity contribution is 14.0. The van der Waals surface area contributed by atoms with Crippen LogP contribution in [0.15, 0.2) is 29.3 Å². The van der Waals surface area contributed by atoms with E-state index in [0.717, 1.165) is 38.6 Å². The van der Waals surface area contributed by atoms with E-state index >= 15 is 0 Å². The largest absolute Gasteiger partial charge is 0.357 e. The van der Waals surface area contributed by atoms with Crippen LogP contribution in [0.3, 0.4) is 0 Å². The number of guanidine groups is 1. The number of likely N-dealkylation sites (tertiary alicyclic amines) is 1. The molecule has 1 fully saturated rings. The maximum atomic E-state index is 11.8. The smallest absolute Gasteiger partial charge is 0.222 e. The first-order valence-electron chi connectivity index (χ1n) is 9.42. The Labute approximate surface area is 175 Å². The second-order valence-electron chi connectivity index (χ2n) is 6.85. The molecule has 146 valence electrons. The molecule has 0 radical (unpaired) electrons. The summed E-state index contributed by atoms with van der Waals surface area (Å²) in [7, 11) is 0. The lowest BCUT2D eigenvalue weighted by Gasteiger charge is -2.19. The molecule has 6 heteroatoms. The molecule has 2 atom stereocenters. The summed E-state index contributed by atoms with van der Waals surface area (Å²) in [6.07, 6.45) is 1.55. The van der Waals surface area contributed by atoms with Crippen molar-refractivity contribution in [1.82, 2.24) is 15.5 Å². The fourth-order valence-corrected chi connectivity index (χ4v) is 3.07. The van der Waals surface area contributed by atoms with Crippen LogP contribution in [0.1, 0.15) is 50.7 Å². The number of benzene rings is 1. The van der Waals surface area contributed by atoms with Crippen molar-refractivity contribution in [3.63, 3.8) is 0 Å². The van der Waals surface area contributed by atoms with Crippen LogP contribution in [0.5, 0.6) is 0 Å². The number of hydrogen-bond donors (Lipinski definition) is 2. The van der Waals surface area contributed by atoms with Gasteiger partial charge in [-0.3, -0.25) is 9.79 Å². The number of nitrogens with zero attached hydrogens (tertiary/aromatic N) is 2. The molecule has 26 heavy (non-hydrogen) atoms. The minimum absolute atomic E-state index is 0. The summed E-state index contributed by atoms with van der Waals surface area (Å²) < 4.78 is 0. The van der Waals surface area contributed by atoms with Gasteiger partial charge in [0.15, 0.2) is 5.96 Å². The summed E-state index contributed by atoms with van der Waals surface area (Å²) in [4.78, 5) is 18.5. The highest BCUT2D eigenvalue weighted by Crippen LogP contribution is 2.16. The molecular weight excluding hydrogens is 439 g/mol. The Morgan fingerprint density at radius 2 is 2.00 bits per heavy atom. The van der Waals surface area contributed by atoms with Gasteiger partial charge in [-0.1, -0.05) is 43.7 Å². The highest BCUT2D eigenvalue weighted by Gasteiger charge is 2.25. The summed E-state index contributed by atoms with van der Waals surface area (Å²) in [5.41, 5.74) is 2.59. The molecule has 2 N–H and O–H groups in total. The fraction of sp³-hybridized carbons (Fsp3) is 0.600. The van der Waals surface area contributed by atoms with Crippen molar-refractivity contribution in [2.75, 3.05) is 26.2 Å². The topological polar surface area (TPSA) is 56.7 Å². The van der Waals surface area contributed by atoms with Gasteiger partial charge in [-0.25, -0.2) is 0 Å². The number of aryl methyl sites for hydroxylation is 1. The van der Waals surface area contributed by atoms with Gasteiger partial charge in [0, 0.05) is 44.6 Å². The van der Waals surface area contributed by atoms with Gasteiger partial charge in [-0.15, -0.1) is 24.0 Å². The third kappa shape index (κ3) is 6.78. The SMILES string of the molecule is CCNC(=NCC(C)c1ccc(C)cc1)NC1CCN(C(=O)CC)C1.I. The lowest BCUT2D eigenvalue weighted by molar-refractivity contribution is -0.129. The first-order valence-corrected chi connectivity index (χ1v) is 9.42. The molecule has 2 rings (SSSR count). The van der Waals surface area contributed by atoms with Gasteiger partial charge in [-0.05, 0) is 25.8 Å². The molecule has 1 aromatic carbocycles. The fourth-order valence-electron chi connectivity index (χ4n) is 3.07. The van der Waals surface area contributed by atoms with Crippen LogP contribution >= 0.6 is 24.0 Å². The average Bonchev–Trinajstić information content (AvgIpc) is 3.08. The molecule has 0 saturated carbocycles. The molecule has 0 aromatic heterocycles. The lowest BCUT2D eigenvalue weighted by Crippen LogP contribution is -2.45. The summed E-state index contributed by atoms with van der Waals surface area (Å²) in [6, 6.07) is 8.94. The van der Waals surface area contributed by atoms with E-state index in [-0.39, 0.29) is 35.9 Å². The van der Waals surface area contributed by atoms with Crippen molar-refractivity contribution >= 4 is 35.8 Å². The molecule has 5 nitrogen and oxygen atoms in total. The van der Waals surface area contributed by atoms with E-state index in [9.17, 15) is 4.79 Å². The average molecular weight is 472 g/mol. The summed E-state index contributed by atoms with van der Waals surface area (Å²) in [5.74, 6) is 1.45. The van der Waals surface area contributed by atoms with Gasteiger partial charge in [0.2, 0.25) is 5.91 Å². The normalized spacial score (nSPS) is 18.2. The molecule has 1 heterocycles. The Balaban J connectivity index is 0.00000338. The maximum Gasteiger partial charge on any atom is 0.222 e. The first kappa shape index (κ1) is 22.7. The zero-order chi connectivity index (χ0) is 18.2. The minimum Gasteiger partial charge on any atom is -0.357 e. The molecule has 0 spiro atoms. The highest BCUT2D eigenvalue weighted by atomic mass is 127. The summed E-state index contributed by atoms with van der Waals surface area (Å²) >= 11 is 0. The minimum atomic E-state index is 0. The molecule has 2 unspecified atom stereocenters. The number of aliphatic imine (C=N–C) groups is 1. The zero-order valence-corrected chi connectivity index (χ0v) is 18.7. The molecule has 1 amide bonds. The molecule has 0 aliphatic carbocycles. The van der Waals surface area contributed by atoms with E-state index in [4.69, 9.17) is 4.99 Å². The van der Waals surface area contributed by atoms with Crippen LogP contribution in [-0.2, 0) is 4.79 Å². The molecule has 1 aliphatic rings. The van der Waals surface area contributed by atoms with Gasteiger partial charge in [0.25, 0.3) is 0 Å². The van der Waals surface area contributed by atoms with Crippen molar-refractivity contribution in [2.24, 2.45) is 4.99 Å². The number of carbonyl (C=O) groups excluding carboxylic acids is 1. The Kier molecular flexibility index (Phi) is 9.98. The predicted octanol–water partition coefficient (Wildman–Crippen LogP) is 3.28. The number of halogens is 1. The number of amides is 1. The molecular formula is C20H33IN4O. The van der Waals surface area contributed by atoms with E-state index in [1.54, 1.807) is 0 Å². The van der Waals surface area contributed by atoms with Crippen LogP contribution in [0.25, 0.3) is 0 Å². The van der Waals surface area contributed by atoms with E-state index in [2.05, 4.69) is 55.7 Å². The molecule has 1 saturated heterocycles. The molecule has 1 aliphatic heterocycles. The number of rotatable bonds is 6. The van der Waals surface area contributed by atoms with Crippen LogP contribution in [0, 0.1) is 6.92 Å². The monoisotopic (exact) mass is 472 g/mol. The van der Waals surface area contributed by atoms with Gasteiger partial charge in [-0.2, -0.15) is 0 Å². The quantitative estimate of drug-likeness (QED) is 0.380. The Morgan fingerprint density at radius 1 is 1.31 bits per heavy atom. The number of nitrogens with one attached hydrogen (secondary N) is 2. The van der Waals surface area contributed by atoms with E-state index in [1.807, 2.05) is 11.8 Å². The van der Waals surface area contributed by atoms with Crippen molar-refractivity contribution in [2.45, 2.75) is 52.5 Å². The second kappa shape index (κ2) is 11.4. The van der Waals surface area contributed by atoms with Crippen LogP contribution in [0.2, 0.25) is 0 Å². The van der Waals surface area contributed by atoms with E-state index in [1.165, 1.54) is 11.1 Å². The number of carbonyl (C=O) groups is 1. The Hall–Kier alpha value is -1.31. The van der Waals surface area contributed by atoms with Gasteiger partial charge in [0.1, 0.15) is 0 Å².